The van der Waals surface area contributed by atoms with Crippen LogP contribution in [-0.2, 0) is 11.3 Å². The molecular weight excluding hydrogens is 358 g/mol. The molecule has 0 saturated heterocycles. The van der Waals surface area contributed by atoms with Crippen molar-refractivity contribution in [3.05, 3.63) is 60.2 Å². The Labute approximate surface area is 163 Å². The molecule has 28 heavy (non-hydrogen) atoms. The summed E-state index contributed by atoms with van der Waals surface area (Å²) in [4.78, 5) is 12.4. The molecule has 0 bridgehead atoms. The van der Waals surface area contributed by atoms with Crippen LogP contribution in [0.1, 0.15) is 12.5 Å². The molecular formula is C22H21NO5. The second-order valence-corrected chi connectivity index (χ2v) is 6.54. The van der Waals surface area contributed by atoms with Gasteiger partial charge in [0.05, 0.1) is 7.11 Å². The van der Waals surface area contributed by atoms with E-state index in [1.807, 2.05) is 54.6 Å². The van der Waals surface area contributed by atoms with Crippen LogP contribution in [0.3, 0.4) is 0 Å². The van der Waals surface area contributed by atoms with Gasteiger partial charge in [-0.2, -0.15) is 0 Å². The molecule has 3 aromatic carbocycles. The van der Waals surface area contributed by atoms with Crippen LogP contribution in [-0.4, -0.2) is 25.9 Å². The highest BCUT2D eigenvalue weighted by atomic mass is 16.7. The number of hydrogen-bond acceptors (Lipinski definition) is 5. The average Bonchev–Trinajstić information content (AvgIpc) is 3.19. The number of hydrogen-bond donors (Lipinski definition) is 1. The maximum atomic E-state index is 12.4. The molecule has 1 aliphatic heterocycles. The Hall–Kier alpha value is -3.41. The molecule has 0 spiro atoms. The maximum absolute atomic E-state index is 12.4. The van der Waals surface area contributed by atoms with E-state index >= 15 is 0 Å². The van der Waals surface area contributed by atoms with E-state index in [2.05, 4.69) is 5.32 Å². The molecule has 6 heteroatoms. The lowest BCUT2D eigenvalue weighted by Gasteiger charge is -2.15. The quantitative estimate of drug-likeness (QED) is 0.708. The molecule has 144 valence electrons. The maximum Gasteiger partial charge on any atom is 0.261 e. The van der Waals surface area contributed by atoms with E-state index in [4.69, 9.17) is 18.9 Å². The zero-order valence-electron chi connectivity index (χ0n) is 15.7. The van der Waals surface area contributed by atoms with Gasteiger partial charge in [-0.1, -0.05) is 18.2 Å². The van der Waals surface area contributed by atoms with E-state index in [0.717, 1.165) is 27.8 Å². The van der Waals surface area contributed by atoms with E-state index in [9.17, 15) is 4.79 Å². The Kier molecular flexibility index (Phi) is 4.93. The number of carbonyl (C=O) groups excluding carboxylic acids is 1. The third kappa shape index (κ3) is 3.81. The number of rotatable bonds is 6. The van der Waals surface area contributed by atoms with Crippen molar-refractivity contribution in [2.24, 2.45) is 0 Å². The molecule has 0 aromatic heterocycles. The molecule has 0 saturated carbocycles. The van der Waals surface area contributed by atoms with Crippen molar-refractivity contribution < 1.29 is 23.7 Å². The summed E-state index contributed by atoms with van der Waals surface area (Å²) in [7, 11) is 1.63. The van der Waals surface area contributed by atoms with Gasteiger partial charge in [-0.05, 0) is 59.7 Å². The predicted octanol–water partition coefficient (Wildman–Crippen LogP) is 3.66. The van der Waals surface area contributed by atoms with Gasteiger partial charge >= 0.3 is 0 Å². The number of nitrogens with one attached hydrogen (secondary N) is 1. The largest absolute Gasteiger partial charge is 0.497 e. The van der Waals surface area contributed by atoms with Gasteiger partial charge in [0.25, 0.3) is 5.91 Å². The van der Waals surface area contributed by atoms with Gasteiger partial charge in [-0.3, -0.25) is 4.79 Å². The van der Waals surface area contributed by atoms with Gasteiger partial charge < -0.3 is 24.3 Å². The highest BCUT2D eigenvalue weighted by molar-refractivity contribution is 5.85. The number of fused-ring (bicyclic) bond motifs is 2. The molecule has 0 aliphatic carbocycles. The Morgan fingerprint density at radius 1 is 1.00 bits per heavy atom. The average molecular weight is 379 g/mol. The van der Waals surface area contributed by atoms with Crippen molar-refractivity contribution in [1.29, 1.82) is 0 Å². The summed E-state index contributed by atoms with van der Waals surface area (Å²) in [5, 5.41) is 4.95. The fraction of sp³-hybridized carbons (Fsp3) is 0.227. The van der Waals surface area contributed by atoms with Gasteiger partial charge in [-0.25, -0.2) is 0 Å². The smallest absolute Gasteiger partial charge is 0.261 e. The highest BCUT2D eigenvalue weighted by Gasteiger charge is 2.16. The molecule has 1 atom stereocenters. The Morgan fingerprint density at radius 3 is 2.57 bits per heavy atom. The molecule has 0 unspecified atom stereocenters. The summed E-state index contributed by atoms with van der Waals surface area (Å²) in [6.45, 7) is 2.34. The van der Waals surface area contributed by atoms with Crippen molar-refractivity contribution in [1.82, 2.24) is 5.32 Å². The standard InChI is InChI=1S/C22H21NO5/c1-14(22(24)23-12-15-3-8-20-21(9-15)27-13-26-20)28-19-7-5-16-4-6-18(25-2)10-17(16)11-19/h3-11,14H,12-13H2,1-2H3,(H,23,24)/t14-/m0/s1. The first-order valence-corrected chi connectivity index (χ1v) is 9.03. The second-order valence-electron chi connectivity index (χ2n) is 6.54. The predicted molar refractivity (Wildman–Crippen MR) is 105 cm³/mol. The molecule has 0 fully saturated rings. The van der Waals surface area contributed by atoms with Crippen LogP contribution in [0.2, 0.25) is 0 Å². The zero-order valence-corrected chi connectivity index (χ0v) is 15.7. The summed E-state index contributed by atoms with van der Waals surface area (Å²) in [6, 6.07) is 17.2. The molecule has 1 amide bonds. The van der Waals surface area contributed by atoms with Crippen molar-refractivity contribution in [3.8, 4) is 23.0 Å². The summed E-state index contributed by atoms with van der Waals surface area (Å²) in [5.41, 5.74) is 0.933. The number of methoxy groups -OCH3 is 1. The monoisotopic (exact) mass is 379 g/mol. The lowest BCUT2D eigenvalue weighted by molar-refractivity contribution is -0.127. The van der Waals surface area contributed by atoms with Gasteiger partial charge in [0.1, 0.15) is 11.5 Å². The Balaban J connectivity index is 1.38. The molecule has 1 heterocycles. The SMILES string of the molecule is COc1ccc2ccc(O[C@@H](C)C(=O)NCc3ccc4c(c3)OCO4)cc2c1. The molecule has 1 N–H and O–H groups in total. The summed E-state index contributed by atoms with van der Waals surface area (Å²) < 4.78 is 21.7. The lowest BCUT2D eigenvalue weighted by Crippen LogP contribution is -2.35. The minimum Gasteiger partial charge on any atom is -0.497 e. The minimum absolute atomic E-state index is 0.191. The van der Waals surface area contributed by atoms with Gasteiger partial charge in [-0.15, -0.1) is 0 Å². The van der Waals surface area contributed by atoms with Crippen LogP contribution in [0.4, 0.5) is 0 Å². The Morgan fingerprint density at radius 2 is 1.75 bits per heavy atom. The molecule has 1 aliphatic rings. The van der Waals surface area contributed by atoms with Crippen molar-refractivity contribution in [2.45, 2.75) is 19.6 Å². The van der Waals surface area contributed by atoms with Crippen LogP contribution in [0.5, 0.6) is 23.0 Å². The Bertz CT molecular complexity index is 1020. The van der Waals surface area contributed by atoms with E-state index in [1.54, 1.807) is 14.0 Å². The topological polar surface area (TPSA) is 66.0 Å². The van der Waals surface area contributed by atoms with E-state index in [0.29, 0.717) is 18.0 Å². The number of amides is 1. The molecule has 4 rings (SSSR count). The molecule has 6 nitrogen and oxygen atoms in total. The van der Waals surface area contributed by atoms with E-state index < -0.39 is 6.10 Å². The number of benzene rings is 3. The minimum atomic E-state index is -0.628. The number of ether oxygens (including phenoxy) is 4. The first-order chi connectivity index (χ1) is 13.6. The highest BCUT2D eigenvalue weighted by Crippen LogP contribution is 2.32. The van der Waals surface area contributed by atoms with Crippen molar-refractivity contribution >= 4 is 16.7 Å². The second kappa shape index (κ2) is 7.68. The lowest BCUT2D eigenvalue weighted by atomic mass is 10.1. The van der Waals surface area contributed by atoms with Crippen LogP contribution < -0.4 is 24.3 Å². The van der Waals surface area contributed by atoms with Crippen LogP contribution in [0.15, 0.2) is 54.6 Å². The number of carbonyl (C=O) groups is 1. The molecule has 3 aromatic rings. The van der Waals surface area contributed by atoms with Gasteiger partial charge in [0, 0.05) is 6.54 Å². The fourth-order valence-corrected chi connectivity index (χ4v) is 3.04. The first kappa shape index (κ1) is 18.0. The van der Waals surface area contributed by atoms with Crippen molar-refractivity contribution in [3.63, 3.8) is 0 Å². The van der Waals surface area contributed by atoms with Crippen LogP contribution in [0, 0.1) is 0 Å². The first-order valence-electron chi connectivity index (χ1n) is 9.03. The normalized spacial score (nSPS) is 13.2. The zero-order chi connectivity index (χ0) is 19.5. The summed E-state index contributed by atoms with van der Waals surface area (Å²) in [5.74, 6) is 2.64. The van der Waals surface area contributed by atoms with Crippen LogP contribution >= 0.6 is 0 Å². The third-order valence-corrected chi connectivity index (χ3v) is 4.60. The van der Waals surface area contributed by atoms with Gasteiger partial charge in [0.15, 0.2) is 17.6 Å². The molecule has 0 radical (unpaired) electrons. The fourth-order valence-electron chi connectivity index (χ4n) is 3.04. The van der Waals surface area contributed by atoms with Gasteiger partial charge in [0.2, 0.25) is 6.79 Å². The van der Waals surface area contributed by atoms with E-state index in [-0.39, 0.29) is 12.7 Å². The summed E-state index contributed by atoms with van der Waals surface area (Å²) >= 11 is 0. The third-order valence-electron chi connectivity index (χ3n) is 4.60. The summed E-state index contributed by atoms with van der Waals surface area (Å²) in [6.07, 6.45) is -0.628. The van der Waals surface area contributed by atoms with E-state index in [1.165, 1.54) is 0 Å². The van der Waals surface area contributed by atoms with Crippen LogP contribution in [0.25, 0.3) is 10.8 Å². The van der Waals surface area contributed by atoms with Crippen molar-refractivity contribution in [2.75, 3.05) is 13.9 Å².